The fourth-order valence-electron chi connectivity index (χ4n) is 3.32. The number of likely N-dealkylation sites (N-methyl/N-ethyl adjacent to an activating group) is 2. The van der Waals surface area contributed by atoms with Gasteiger partial charge in [-0.2, -0.15) is 5.26 Å². The van der Waals surface area contributed by atoms with Gasteiger partial charge in [0.05, 0.1) is 18.7 Å². The average Bonchev–Trinajstić information content (AvgIpc) is 2.75. The second-order valence-electron chi connectivity index (χ2n) is 6.67. The fourth-order valence-corrected chi connectivity index (χ4v) is 4.58. The lowest BCUT2D eigenvalue weighted by Gasteiger charge is -2.22. The number of hydrogen-bond donors (Lipinski definition) is 1. The zero-order valence-corrected chi connectivity index (χ0v) is 16.7. The highest BCUT2D eigenvalue weighted by molar-refractivity contribution is 7.16. The molecule has 0 aromatic carbocycles. The van der Waals surface area contributed by atoms with Crippen molar-refractivity contribution in [3.05, 3.63) is 16.0 Å². The SMILES string of the molecule is CCN(CC)C(=O)CN(C)CC(=O)Nc1sc2c(c1C#N)CCCCC2. The predicted octanol–water partition coefficient (Wildman–Crippen LogP) is 2.63. The Morgan fingerprint density at radius 3 is 2.50 bits per heavy atom. The molecule has 1 aliphatic rings. The minimum atomic E-state index is -0.187. The van der Waals surface area contributed by atoms with Crippen molar-refractivity contribution < 1.29 is 9.59 Å². The molecular formula is C19H28N4O2S. The molecule has 1 aromatic heterocycles. The number of aryl methyl sites for hydroxylation is 1. The van der Waals surface area contributed by atoms with Crippen molar-refractivity contribution in [1.82, 2.24) is 9.80 Å². The van der Waals surface area contributed by atoms with Crippen molar-refractivity contribution in [1.29, 1.82) is 5.26 Å². The summed E-state index contributed by atoms with van der Waals surface area (Å²) >= 11 is 1.53. The van der Waals surface area contributed by atoms with E-state index in [1.165, 1.54) is 22.6 Å². The number of carbonyl (C=O) groups is 2. The molecule has 6 nitrogen and oxygen atoms in total. The Kier molecular flexibility index (Phi) is 7.61. The molecule has 0 spiro atoms. The number of rotatable bonds is 7. The molecule has 0 saturated heterocycles. The van der Waals surface area contributed by atoms with Crippen LogP contribution in [0.1, 0.15) is 49.1 Å². The Balaban J connectivity index is 1.98. The van der Waals surface area contributed by atoms with E-state index < -0.39 is 0 Å². The van der Waals surface area contributed by atoms with Crippen molar-refractivity contribution in [2.75, 3.05) is 38.5 Å². The number of nitrogens with zero attached hydrogens (tertiary/aromatic N) is 3. The van der Waals surface area contributed by atoms with Gasteiger partial charge in [0, 0.05) is 18.0 Å². The lowest BCUT2D eigenvalue weighted by Crippen LogP contribution is -2.41. The summed E-state index contributed by atoms with van der Waals surface area (Å²) in [5.41, 5.74) is 1.75. The van der Waals surface area contributed by atoms with Crippen LogP contribution in [0.3, 0.4) is 0 Å². The zero-order valence-electron chi connectivity index (χ0n) is 15.9. The predicted molar refractivity (Wildman–Crippen MR) is 104 cm³/mol. The topological polar surface area (TPSA) is 76.4 Å². The Labute approximate surface area is 159 Å². The van der Waals surface area contributed by atoms with Gasteiger partial charge in [-0.15, -0.1) is 11.3 Å². The van der Waals surface area contributed by atoms with E-state index in [4.69, 9.17) is 0 Å². The standard InChI is InChI=1S/C19H28N4O2S/c1-4-23(5-2)18(25)13-22(3)12-17(24)21-19-15(11-20)14-9-7-6-8-10-16(14)26-19/h4-10,12-13H2,1-3H3,(H,21,24). The van der Waals surface area contributed by atoms with E-state index in [0.29, 0.717) is 23.7 Å². The van der Waals surface area contributed by atoms with Crippen molar-refractivity contribution in [2.24, 2.45) is 0 Å². The molecule has 2 amide bonds. The number of thiophene rings is 1. The molecule has 1 heterocycles. The lowest BCUT2D eigenvalue weighted by atomic mass is 10.1. The van der Waals surface area contributed by atoms with Crippen LogP contribution >= 0.6 is 11.3 Å². The summed E-state index contributed by atoms with van der Waals surface area (Å²) in [6.45, 7) is 5.56. The van der Waals surface area contributed by atoms with E-state index >= 15 is 0 Å². The Hall–Kier alpha value is -1.91. The molecule has 0 atom stereocenters. The molecule has 0 aliphatic heterocycles. The van der Waals surface area contributed by atoms with Crippen LogP contribution in [0, 0.1) is 11.3 Å². The number of amides is 2. The maximum Gasteiger partial charge on any atom is 0.239 e. The third-order valence-corrected chi connectivity index (χ3v) is 5.93. The van der Waals surface area contributed by atoms with Crippen LogP contribution in [0.4, 0.5) is 5.00 Å². The number of nitriles is 1. The smallest absolute Gasteiger partial charge is 0.239 e. The second kappa shape index (κ2) is 9.70. The fraction of sp³-hybridized carbons (Fsp3) is 0.632. The summed E-state index contributed by atoms with van der Waals surface area (Å²) in [7, 11) is 1.76. The largest absolute Gasteiger partial charge is 0.342 e. The van der Waals surface area contributed by atoms with E-state index in [-0.39, 0.29) is 24.9 Å². The molecule has 26 heavy (non-hydrogen) atoms. The minimum absolute atomic E-state index is 0.0193. The van der Waals surface area contributed by atoms with Gasteiger partial charge in [-0.05, 0) is 52.1 Å². The van der Waals surface area contributed by atoms with Crippen LogP contribution in [0.5, 0.6) is 0 Å². The minimum Gasteiger partial charge on any atom is -0.342 e. The van der Waals surface area contributed by atoms with Gasteiger partial charge >= 0.3 is 0 Å². The van der Waals surface area contributed by atoms with Gasteiger partial charge in [0.15, 0.2) is 0 Å². The molecule has 1 N–H and O–H groups in total. The van der Waals surface area contributed by atoms with Gasteiger partial charge in [0.1, 0.15) is 11.1 Å². The van der Waals surface area contributed by atoms with Crippen LogP contribution in [0.15, 0.2) is 0 Å². The molecule has 0 radical (unpaired) electrons. The molecule has 142 valence electrons. The van der Waals surface area contributed by atoms with E-state index in [1.54, 1.807) is 16.8 Å². The molecule has 0 bridgehead atoms. The van der Waals surface area contributed by atoms with Gasteiger partial charge in [0.25, 0.3) is 0 Å². The van der Waals surface area contributed by atoms with E-state index in [2.05, 4.69) is 11.4 Å². The van der Waals surface area contributed by atoms with Gasteiger partial charge in [-0.25, -0.2) is 0 Å². The van der Waals surface area contributed by atoms with Gasteiger partial charge < -0.3 is 10.2 Å². The maximum absolute atomic E-state index is 12.4. The first-order valence-electron chi connectivity index (χ1n) is 9.30. The first-order chi connectivity index (χ1) is 12.5. The molecule has 0 saturated carbocycles. The van der Waals surface area contributed by atoms with E-state index in [9.17, 15) is 14.9 Å². The third-order valence-electron chi connectivity index (χ3n) is 4.72. The zero-order chi connectivity index (χ0) is 19.1. The van der Waals surface area contributed by atoms with Crippen LogP contribution in [0.2, 0.25) is 0 Å². The summed E-state index contributed by atoms with van der Waals surface area (Å²) in [5.74, 6) is -0.168. The number of fused-ring (bicyclic) bond motifs is 1. The normalized spacial score (nSPS) is 13.7. The first kappa shape index (κ1) is 20.4. The molecule has 1 aliphatic carbocycles. The molecule has 0 fully saturated rings. The van der Waals surface area contributed by atoms with Crippen LogP contribution in [0.25, 0.3) is 0 Å². The van der Waals surface area contributed by atoms with Crippen LogP contribution in [-0.4, -0.2) is 54.8 Å². The van der Waals surface area contributed by atoms with E-state index in [0.717, 1.165) is 31.2 Å². The number of hydrogen-bond acceptors (Lipinski definition) is 5. The molecule has 0 unspecified atom stereocenters. The summed E-state index contributed by atoms with van der Waals surface area (Å²) in [6.07, 6.45) is 5.34. The van der Waals surface area contributed by atoms with Gasteiger partial charge in [-0.3, -0.25) is 14.5 Å². The Morgan fingerprint density at radius 2 is 1.85 bits per heavy atom. The molecule has 1 aromatic rings. The van der Waals surface area contributed by atoms with Crippen LogP contribution < -0.4 is 5.32 Å². The Bertz CT molecular complexity index is 688. The molecule has 7 heteroatoms. The number of anilines is 1. The Morgan fingerprint density at radius 1 is 1.15 bits per heavy atom. The summed E-state index contributed by atoms with van der Waals surface area (Å²) in [6, 6.07) is 2.27. The second-order valence-corrected chi connectivity index (χ2v) is 7.77. The molecule has 2 rings (SSSR count). The van der Waals surface area contributed by atoms with Crippen molar-refractivity contribution in [3.8, 4) is 6.07 Å². The van der Waals surface area contributed by atoms with Gasteiger partial charge in [0.2, 0.25) is 11.8 Å². The lowest BCUT2D eigenvalue weighted by molar-refractivity contribution is -0.132. The van der Waals surface area contributed by atoms with Crippen molar-refractivity contribution in [3.63, 3.8) is 0 Å². The first-order valence-corrected chi connectivity index (χ1v) is 10.1. The average molecular weight is 377 g/mol. The highest BCUT2D eigenvalue weighted by atomic mass is 32.1. The highest BCUT2D eigenvalue weighted by Crippen LogP contribution is 2.36. The quantitative estimate of drug-likeness (QED) is 0.742. The summed E-state index contributed by atoms with van der Waals surface area (Å²) < 4.78 is 0. The maximum atomic E-state index is 12.4. The number of carbonyl (C=O) groups excluding carboxylic acids is 2. The van der Waals surface area contributed by atoms with Gasteiger partial charge in [-0.1, -0.05) is 6.42 Å². The third kappa shape index (κ3) is 5.05. The van der Waals surface area contributed by atoms with Crippen molar-refractivity contribution in [2.45, 2.75) is 46.0 Å². The highest BCUT2D eigenvalue weighted by Gasteiger charge is 2.21. The van der Waals surface area contributed by atoms with Crippen LogP contribution in [-0.2, 0) is 22.4 Å². The summed E-state index contributed by atoms with van der Waals surface area (Å²) in [4.78, 5) is 29.2. The summed E-state index contributed by atoms with van der Waals surface area (Å²) in [5, 5.41) is 13.1. The molecular weight excluding hydrogens is 348 g/mol. The van der Waals surface area contributed by atoms with Crippen molar-refractivity contribution >= 4 is 28.2 Å². The number of nitrogens with one attached hydrogen (secondary N) is 1. The monoisotopic (exact) mass is 376 g/mol. The van der Waals surface area contributed by atoms with E-state index in [1.807, 2.05) is 13.8 Å².